The fourth-order valence-corrected chi connectivity index (χ4v) is 7.61. The van der Waals surface area contributed by atoms with Gasteiger partial charge in [0.1, 0.15) is 11.5 Å². The SMILES string of the molecule is C=C[Si](C=C)(Oc1ccc(O[Si](C=C)(C=C)c2ccccc2)cc1)c1ccccc1. The summed E-state index contributed by atoms with van der Waals surface area (Å²) in [5.74, 6) is 1.50. The standard InChI is InChI=1S/C26H26O2Si2/c1-5-29(6-2,25-15-11-9-12-16-25)27-23-19-21-24(22-20-23)28-30(7-3,8-4)26-17-13-10-14-18-26/h5-22H,1-4H2. The Hall–Kier alpha value is -3.35. The van der Waals surface area contributed by atoms with E-state index in [4.69, 9.17) is 8.85 Å². The summed E-state index contributed by atoms with van der Waals surface area (Å²) in [6.45, 7) is 16.1. The van der Waals surface area contributed by atoms with Gasteiger partial charge in [0, 0.05) is 0 Å². The average molecular weight is 427 g/mol. The minimum Gasteiger partial charge on any atom is -0.531 e. The molecule has 0 saturated heterocycles. The molecule has 3 aromatic rings. The van der Waals surface area contributed by atoms with Crippen LogP contribution in [-0.4, -0.2) is 16.6 Å². The van der Waals surface area contributed by atoms with Gasteiger partial charge >= 0.3 is 16.6 Å². The quantitative estimate of drug-likeness (QED) is 0.422. The van der Waals surface area contributed by atoms with E-state index < -0.39 is 16.6 Å². The van der Waals surface area contributed by atoms with Gasteiger partial charge in [-0.05, 0) is 34.6 Å². The van der Waals surface area contributed by atoms with Crippen molar-refractivity contribution >= 4 is 27.0 Å². The van der Waals surface area contributed by atoms with E-state index in [1.54, 1.807) is 0 Å². The van der Waals surface area contributed by atoms with Crippen LogP contribution in [0.3, 0.4) is 0 Å². The van der Waals surface area contributed by atoms with Gasteiger partial charge in [-0.15, -0.1) is 26.3 Å². The van der Waals surface area contributed by atoms with Crippen LogP contribution in [0.5, 0.6) is 11.5 Å². The Labute approximate surface area is 181 Å². The summed E-state index contributed by atoms with van der Waals surface area (Å²) in [6, 6.07) is 27.9. The van der Waals surface area contributed by atoms with Gasteiger partial charge in [0.2, 0.25) is 0 Å². The van der Waals surface area contributed by atoms with Crippen molar-refractivity contribution in [3.05, 3.63) is 134 Å². The first kappa shape index (κ1) is 21.4. The van der Waals surface area contributed by atoms with Crippen molar-refractivity contribution in [3.8, 4) is 11.5 Å². The molecule has 0 radical (unpaired) electrons. The first-order valence-electron chi connectivity index (χ1n) is 9.75. The Bertz CT molecular complexity index is 911. The molecule has 0 heterocycles. The third-order valence-corrected chi connectivity index (χ3v) is 11.1. The normalized spacial score (nSPS) is 11.2. The molecule has 3 aromatic carbocycles. The van der Waals surface area contributed by atoms with Crippen molar-refractivity contribution in [2.24, 2.45) is 0 Å². The Morgan fingerprint density at radius 1 is 0.467 bits per heavy atom. The fourth-order valence-electron chi connectivity index (χ4n) is 3.29. The zero-order valence-electron chi connectivity index (χ0n) is 17.0. The molecule has 3 rings (SSSR count). The molecule has 0 aromatic heterocycles. The van der Waals surface area contributed by atoms with Crippen LogP contribution in [-0.2, 0) is 0 Å². The smallest absolute Gasteiger partial charge is 0.331 e. The van der Waals surface area contributed by atoms with E-state index in [9.17, 15) is 0 Å². The maximum atomic E-state index is 6.43. The van der Waals surface area contributed by atoms with Crippen LogP contribution in [0.25, 0.3) is 0 Å². The highest BCUT2D eigenvalue weighted by molar-refractivity contribution is 6.95. The zero-order chi connectivity index (χ0) is 21.5. The topological polar surface area (TPSA) is 18.5 Å². The highest BCUT2D eigenvalue weighted by atomic mass is 28.4. The molecule has 0 bridgehead atoms. The summed E-state index contributed by atoms with van der Waals surface area (Å²) in [5.41, 5.74) is 7.57. The van der Waals surface area contributed by atoms with Crippen LogP contribution in [0, 0.1) is 0 Å². The molecule has 0 aliphatic heterocycles. The van der Waals surface area contributed by atoms with Gasteiger partial charge in [-0.1, -0.05) is 83.5 Å². The van der Waals surface area contributed by atoms with Crippen LogP contribution < -0.4 is 19.2 Å². The van der Waals surface area contributed by atoms with Crippen LogP contribution in [0.15, 0.2) is 134 Å². The molecule has 0 spiro atoms. The molecular formula is C26H26O2Si2. The largest absolute Gasteiger partial charge is 0.531 e. The Kier molecular flexibility index (Phi) is 6.72. The zero-order valence-corrected chi connectivity index (χ0v) is 19.0. The van der Waals surface area contributed by atoms with E-state index in [2.05, 4.69) is 50.6 Å². The van der Waals surface area contributed by atoms with Gasteiger partial charge in [0.25, 0.3) is 0 Å². The Morgan fingerprint density at radius 3 is 1.03 bits per heavy atom. The molecule has 0 N–H and O–H groups in total. The summed E-state index contributed by atoms with van der Waals surface area (Å²) in [6.07, 6.45) is 0. The van der Waals surface area contributed by atoms with E-state index in [-0.39, 0.29) is 0 Å². The first-order chi connectivity index (χ1) is 14.6. The molecule has 30 heavy (non-hydrogen) atoms. The Morgan fingerprint density at radius 2 is 0.767 bits per heavy atom. The molecule has 0 fully saturated rings. The lowest BCUT2D eigenvalue weighted by atomic mass is 10.3. The molecule has 4 heteroatoms. The summed E-state index contributed by atoms with van der Waals surface area (Å²) in [5, 5.41) is 2.20. The predicted octanol–water partition coefficient (Wildman–Crippen LogP) is 5.05. The van der Waals surface area contributed by atoms with E-state index in [0.29, 0.717) is 0 Å². The number of benzene rings is 3. The predicted molar refractivity (Wildman–Crippen MR) is 132 cm³/mol. The second-order valence-corrected chi connectivity index (χ2v) is 13.2. The Balaban J connectivity index is 1.85. The van der Waals surface area contributed by atoms with Crippen molar-refractivity contribution in [2.45, 2.75) is 0 Å². The highest BCUT2D eigenvalue weighted by Crippen LogP contribution is 2.24. The molecule has 0 saturated carbocycles. The molecule has 0 amide bonds. The van der Waals surface area contributed by atoms with Crippen LogP contribution in [0.1, 0.15) is 0 Å². The third-order valence-electron chi connectivity index (χ3n) is 5.06. The minimum absolute atomic E-state index is 0.752. The lowest BCUT2D eigenvalue weighted by molar-refractivity contribution is 0.559. The molecular weight excluding hydrogens is 400 g/mol. The number of rotatable bonds is 10. The van der Waals surface area contributed by atoms with Crippen LogP contribution in [0.2, 0.25) is 0 Å². The second-order valence-electron chi connectivity index (χ2n) is 6.81. The number of hydrogen-bond acceptors (Lipinski definition) is 2. The van der Waals surface area contributed by atoms with Crippen molar-refractivity contribution < 1.29 is 8.85 Å². The van der Waals surface area contributed by atoms with Gasteiger partial charge in [0.05, 0.1) is 0 Å². The van der Waals surface area contributed by atoms with Gasteiger partial charge in [-0.2, -0.15) is 0 Å². The lowest BCUT2D eigenvalue weighted by Crippen LogP contribution is -2.51. The molecule has 0 aliphatic rings. The molecule has 2 nitrogen and oxygen atoms in total. The van der Waals surface area contributed by atoms with Crippen molar-refractivity contribution in [3.63, 3.8) is 0 Å². The average Bonchev–Trinajstić information content (AvgIpc) is 2.83. The van der Waals surface area contributed by atoms with Crippen molar-refractivity contribution in [1.29, 1.82) is 0 Å². The highest BCUT2D eigenvalue weighted by Gasteiger charge is 2.34. The monoisotopic (exact) mass is 426 g/mol. The first-order valence-corrected chi connectivity index (χ1v) is 13.9. The van der Waals surface area contributed by atoms with Crippen LogP contribution >= 0.6 is 0 Å². The van der Waals surface area contributed by atoms with Gasteiger partial charge in [0.15, 0.2) is 0 Å². The van der Waals surface area contributed by atoms with Gasteiger partial charge in [-0.25, -0.2) is 0 Å². The van der Waals surface area contributed by atoms with Crippen molar-refractivity contribution in [1.82, 2.24) is 0 Å². The summed E-state index contributed by atoms with van der Waals surface area (Å²) >= 11 is 0. The molecule has 0 unspecified atom stereocenters. The van der Waals surface area contributed by atoms with E-state index >= 15 is 0 Å². The van der Waals surface area contributed by atoms with E-state index in [1.165, 1.54) is 0 Å². The molecule has 0 atom stereocenters. The lowest BCUT2D eigenvalue weighted by Gasteiger charge is -2.27. The van der Waals surface area contributed by atoms with Crippen molar-refractivity contribution in [2.75, 3.05) is 0 Å². The summed E-state index contributed by atoms with van der Waals surface area (Å²) < 4.78 is 12.9. The van der Waals surface area contributed by atoms with E-state index in [0.717, 1.165) is 21.9 Å². The van der Waals surface area contributed by atoms with E-state index in [1.807, 2.05) is 83.5 Å². The van der Waals surface area contributed by atoms with Gasteiger partial charge < -0.3 is 8.85 Å². The fraction of sp³-hybridized carbons (Fsp3) is 0. The minimum atomic E-state index is -2.53. The maximum absolute atomic E-state index is 6.43. The molecule has 150 valence electrons. The summed E-state index contributed by atoms with van der Waals surface area (Å²) in [4.78, 5) is 0. The number of hydrogen-bond donors (Lipinski definition) is 0. The maximum Gasteiger partial charge on any atom is 0.331 e. The third kappa shape index (κ3) is 4.30. The summed E-state index contributed by atoms with van der Waals surface area (Å²) in [7, 11) is -5.06. The second kappa shape index (κ2) is 9.43. The molecule has 0 aliphatic carbocycles. The van der Waals surface area contributed by atoms with Gasteiger partial charge in [-0.3, -0.25) is 0 Å². The van der Waals surface area contributed by atoms with Crippen LogP contribution in [0.4, 0.5) is 0 Å².